The number of methoxy groups -OCH3 is 1. The molecule has 0 bridgehead atoms. The Hall–Kier alpha value is -2.28. The van der Waals surface area contributed by atoms with Crippen LogP contribution in [-0.4, -0.2) is 35.8 Å². The molecule has 0 aliphatic rings. The van der Waals surface area contributed by atoms with Crippen LogP contribution < -0.4 is 15.8 Å². The van der Waals surface area contributed by atoms with Gasteiger partial charge in [0.1, 0.15) is 18.2 Å². The third-order valence-corrected chi connectivity index (χ3v) is 3.79. The first-order chi connectivity index (χ1) is 11.2. The predicted octanol–water partition coefficient (Wildman–Crippen LogP) is 3.21. The Morgan fingerprint density at radius 2 is 2.08 bits per heavy atom. The average Bonchev–Trinajstić information content (AvgIpc) is 2.48. The molecule has 3 N–H and O–H groups in total. The van der Waals surface area contributed by atoms with Crippen LogP contribution >= 0.6 is 11.6 Å². The van der Waals surface area contributed by atoms with Crippen LogP contribution in [0.4, 0.5) is 10.6 Å². The van der Waals surface area contributed by atoms with E-state index < -0.39 is 6.09 Å². The minimum Gasteiger partial charge on any atom is -0.497 e. The number of fused-ring (bicyclic) bond motifs is 1. The largest absolute Gasteiger partial charge is 0.497 e. The van der Waals surface area contributed by atoms with Crippen molar-refractivity contribution < 1.29 is 14.3 Å². The molecule has 0 saturated heterocycles. The van der Waals surface area contributed by atoms with Gasteiger partial charge in [-0.25, -0.2) is 14.8 Å². The molecule has 1 aromatic carbocycles. The van der Waals surface area contributed by atoms with Crippen LogP contribution in [-0.2, 0) is 4.74 Å². The zero-order chi connectivity index (χ0) is 17.9. The second-order valence-corrected chi connectivity index (χ2v) is 6.76. The van der Waals surface area contributed by atoms with Crippen molar-refractivity contribution in [3.63, 3.8) is 0 Å². The van der Waals surface area contributed by atoms with Gasteiger partial charge in [0.25, 0.3) is 0 Å². The smallest absolute Gasteiger partial charge is 0.404 e. The van der Waals surface area contributed by atoms with Crippen molar-refractivity contribution >= 4 is 34.4 Å². The second kappa shape index (κ2) is 7.09. The topological polar surface area (TPSA) is 99.4 Å². The molecule has 2 rings (SSSR count). The molecule has 1 aromatic heterocycles. The second-order valence-electron chi connectivity index (χ2n) is 6.42. The van der Waals surface area contributed by atoms with Gasteiger partial charge in [-0.05, 0) is 29.1 Å². The standard InChI is InChI=1S/C16H21ClN4O3/c1-16(2,3)12(8-24-15(18)22)20-13-10-6-5-9(23-4)7-11(10)19-14(17)21-13/h5-7,12H,8H2,1-4H3,(H2,18,22)(H,19,20,21). The summed E-state index contributed by atoms with van der Waals surface area (Å²) in [5.41, 5.74) is 5.51. The molecule has 1 atom stereocenters. The first kappa shape index (κ1) is 18.1. The van der Waals surface area contributed by atoms with Gasteiger partial charge >= 0.3 is 6.09 Å². The number of hydrogen-bond donors (Lipinski definition) is 2. The van der Waals surface area contributed by atoms with Crippen molar-refractivity contribution in [3.8, 4) is 5.75 Å². The van der Waals surface area contributed by atoms with E-state index in [0.29, 0.717) is 17.1 Å². The normalized spacial score (nSPS) is 12.7. The Balaban J connectivity index is 2.40. The number of nitrogens with two attached hydrogens (primary N) is 1. The van der Waals surface area contributed by atoms with Crippen LogP contribution in [0.3, 0.4) is 0 Å². The van der Waals surface area contributed by atoms with Gasteiger partial charge < -0.3 is 20.5 Å². The minimum atomic E-state index is -0.818. The summed E-state index contributed by atoms with van der Waals surface area (Å²) in [5.74, 6) is 1.23. The first-order valence-electron chi connectivity index (χ1n) is 7.41. The summed E-state index contributed by atoms with van der Waals surface area (Å²) < 4.78 is 10.2. The van der Waals surface area contributed by atoms with E-state index in [4.69, 9.17) is 26.8 Å². The fourth-order valence-corrected chi connectivity index (χ4v) is 2.33. The average molecular weight is 353 g/mol. The maximum atomic E-state index is 10.9. The maximum absolute atomic E-state index is 10.9. The van der Waals surface area contributed by atoms with E-state index in [0.717, 1.165) is 5.39 Å². The summed E-state index contributed by atoms with van der Waals surface area (Å²) in [5, 5.41) is 4.18. The molecule has 0 aliphatic heterocycles. The minimum absolute atomic E-state index is 0.109. The Morgan fingerprint density at radius 1 is 1.38 bits per heavy atom. The van der Waals surface area contributed by atoms with E-state index in [1.54, 1.807) is 13.2 Å². The van der Waals surface area contributed by atoms with Crippen molar-refractivity contribution in [1.29, 1.82) is 0 Å². The zero-order valence-electron chi connectivity index (χ0n) is 14.1. The molecule has 8 heteroatoms. The monoisotopic (exact) mass is 352 g/mol. The summed E-state index contributed by atoms with van der Waals surface area (Å²) in [7, 11) is 1.58. The van der Waals surface area contributed by atoms with E-state index in [9.17, 15) is 4.79 Å². The molecule has 1 amide bonds. The number of carbonyl (C=O) groups excluding carboxylic acids is 1. The number of nitrogens with zero attached hydrogens (tertiary/aromatic N) is 2. The van der Waals surface area contributed by atoms with Crippen molar-refractivity contribution in [1.82, 2.24) is 9.97 Å². The number of ether oxygens (including phenoxy) is 2. The van der Waals surface area contributed by atoms with Gasteiger partial charge in [0.05, 0.1) is 18.7 Å². The SMILES string of the molecule is COc1ccc2c(NC(COC(N)=O)C(C)(C)C)nc(Cl)nc2c1. The van der Waals surface area contributed by atoms with Gasteiger partial charge in [0.15, 0.2) is 0 Å². The van der Waals surface area contributed by atoms with Gasteiger partial charge in [-0.1, -0.05) is 20.8 Å². The number of carbonyl (C=O) groups is 1. The lowest BCUT2D eigenvalue weighted by molar-refractivity contribution is 0.132. The fourth-order valence-electron chi connectivity index (χ4n) is 2.16. The highest BCUT2D eigenvalue weighted by atomic mass is 35.5. The van der Waals surface area contributed by atoms with Crippen LogP contribution in [0.5, 0.6) is 5.75 Å². The Bertz CT molecular complexity index is 746. The molecule has 130 valence electrons. The maximum Gasteiger partial charge on any atom is 0.404 e. The molecule has 7 nitrogen and oxygen atoms in total. The van der Waals surface area contributed by atoms with Crippen LogP contribution in [0.15, 0.2) is 18.2 Å². The third kappa shape index (κ3) is 4.38. The molecule has 0 aliphatic carbocycles. The number of benzene rings is 1. The van der Waals surface area contributed by atoms with E-state index in [2.05, 4.69) is 15.3 Å². The first-order valence-corrected chi connectivity index (χ1v) is 7.78. The van der Waals surface area contributed by atoms with E-state index in [-0.39, 0.29) is 23.3 Å². The molecule has 0 radical (unpaired) electrons. The van der Waals surface area contributed by atoms with Crippen molar-refractivity contribution in [2.75, 3.05) is 19.0 Å². The number of rotatable bonds is 5. The van der Waals surface area contributed by atoms with Gasteiger partial charge in [-0.2, -0.15) is 0 Å². The fraction of sp³-hybridized carbons (Fsp3) is 0.438. The third-order valence-electron chi connectivity index (χ3n) is 3.63. The number of aromatic nitrogens is 2. The van der Waals surface area contributed by atoms with Gasteiger partial charge in [0.2, 0.25) is 5.28 Å². The highest BCUT2D eigenvalue weighted by Crippen LogP contribution is 2.29. The lowest BCUT2D eigenvalue weighted by atomic mass is 9.87. The number of hydrogen-bond acceptors (Lipinski definition) is 6. The predicted molar refractivity (Wildman–Crippen MR) is 93.5 cm³/mol. The summed E-state index contributed by atoms with van der Waals surface area (Å²) in [6, 6.07) is 5.22. The summed E-state index contributed by atoms with van der Waals surface area (Å²) in [6.07, 6.45) is -0.818. The number of nitrogens with one attached hydrogen (secondary N) is 1. The number of primary amides is 1. The molecule has 1 unspecified atom stereocenters. The molecule has 0 spiro atoms. The van der Waals surface area contributed by atoms with E-state index in [1.165, 1.54) is 0 Å². The molecule has 2 aromatic rings. The van der Waals surface area contributed by atoms with Crippen LogP contribution in [0, 0.1) is 5.41 Å². The van der Waals surface area contributed by atoms with Crippen molar-refractivity contribution in [2.45, 2.75) is 26.8 Å². The highest BCUT2D eigenvalue weighted by molar-refractivity contribution is 6.28. The molecule has 1 heterocycles. The molecule has 0 fully saturated rings. The van der Waals surface area contributed by atoms with E-state index >= 15 is 0 Å². The van der Waals surface area contributed by atoms with Gasteiger partial charge in [-0.3, -0.25) is 0 Å². The molecule has 24 heavy (non-hydrogen) atoms. The van der Waals surface area contributed by atoms with Crippen LogP contribution in [0.25, 0.3) is 10.9 Å². The summed E-state index contributed by atoms with van der Waals surface area (Å²) >= 11 is 6.04. The zero-order valence-corrected chi connectivity index (χ0v) is 14.8. The molecular formula is C16H21ClN4O3. The van der Waals surface area contributed by atoms with E-state index in [1.807, 2.05) is 32.9 Å². The van der Waals surface area contributed by atoms with Crippen LogP contribution in [0.2, 0.25) is 5.28 Å². The lowest BCUT2D eigenvalue weighted by Crippen LogP contribution is -2.39. The number of amides is 1. The van der Waals surface area contributed by atoms with Crippen molar-refractivity contribution in [2.24, 2.45) is 11.1 Å². The Morgan fingerprint density at radius 3 is 2.67 bits per heavy atom. The Kier molecular flexibility index (Phi) is 5.33. The quantitative estimate of drug-likeness (QED) is 0.801. The molecule has 0 saturated carbocycles. The Labute approximate surface area is 145 Å². The molecular weight excluding hydrogens is 332 g/mol. The lowest BCUT2D eigenvalue weighted by Gasteiger charge is -2.31. The van der Waals surface area contributed by atoms with Crippen molar-refractivity contribution in [3.05, 3.63) is 23.5 Å². The highest BCUT2D eigenvalue weighted by Gasteiger charge is 2.27. The summed E-state index contributed by atoms with van der Waals surface area (Å²) in [4.78, 5) is 19.4. The van der Waals surface area contributed by atoms with Gasteiger partial charge in [0, 0.05) is 11.5 Å². The number of anilines is 1. The number of halogens is 1. The van der Waals surface area contributed by atoms with Gasteiger partial charge in [-0.15, -0.1) is 0 Å². The van der Waals surface area contributed by atoms with Crippen LogP contribution in [0.1, 0.15) is 20.8 Å². The summed E-state index contributed by atoms with van der Waals surface area (Å²) in [6.45, 7) is 6.16.